The Morgan fingerprint density at radius 2 is 2.05 bits per heavy atom. The molecule has 0 aliphatic heterocycles. The van der Waals surface area contributed by atoms with Gasteiger partial charge in [-0.25, -0.2) is 4.79 Å². The zero-order valence-electron chi connectivity index (χ0n) is 10.5. The van der Waals surface area contributed by atoms with Gasteiger partial charge in [-0.2, -0.15) is 13.2 Å². The molecule has 1 aliphatic rings. The molecule has 2 N–H and O–H groups in total. The Balaban J connectivity index is 2.16. The lowest BCUT2D eigenvalue weighted by Crippen LogP contribution is -2.27. The quantitative estimate of drug-likeness (QED) is 0.839. The average molecular weight is 313 g/mol. The van der Waals surface area contributed by atoms with E-state index in [1.165, 1.54) is 30.4 Å². The molecule has 3 nitrogen and oxygen atoms in total. The van der Waals surface area contributed by atoms with Gasteiger partial charge in [0.2, 0.25) is 0 Å². The van der Waals surface area contributed by atoms with Crippen molar-refractivity contribution in [1.29, 1.82) is 0 Å². The van der Waals surface area contributed by atoms with E-state index in [0.29, 0.717) is 4.86 Å². The van der Waals surface area contributed by atoms with Gasteiger partial charge < -0.3 is 10.4 Å². The largest absolute Gasteiger partial charge is 0.478 e. The van der Waals surface area contributed by atoms with Gasteiger partial charge in [0, 0.05) is 10.6 Å². The van der Waals surface area contributed by atoms with Crippen LogP contribution >= 0.6 is 12.2 Å². The summed E-state index contributed by atoms with van der Waals surface area (Å²) < 4.78 is 37.9. The summed E-state index contributed by atoms with van der Waals surface area (Å²) in [6.07, 6.45) is -0.241. The van der Waals surface area contributed by atoms with Crippen LogP contribution in [0.3, 0.4) is 0 Å². The van der Waals surface area contributed by atoms with Crippen molar-refractivity contribution < 1.29 is 23.1 Å². The minimum atomic E-state index is -4.42. The molecule has 0 spiro atoms. The van der Waals surface area contributed by atoms with E-state index >= 15 is 0 Å². The first-order valence-electron chi connectivity index (χ1n) is 5.88. The summed E-state index contributed by atoms with van der Waals surface area (Å²) >= 11 is 5.05. The van der Waals surface area contributed by atoms with Crippen LogP contribution in [0, 0.1) is 0 Å². The second-order valence-electron chi connectivity index (χ2n) is 4.37. The van der Waals surface area contributed by atoms with Gasteiger partial charge in [0.1, 0.15) is 0 Å². The number of hydrogen-bond acceptors (Lipinski definition) is 3. The zero-order valence-corrected chi connectivity index (χ0v) is 11.3. The molecule has 2 rings (SSSR count). The Hall–Kier alpha value is -2.15. The number of aliphatic carboxylic acids is 1. The lowest BCUT2D eigenvalue weighted by atomic mass is 10.0. The summed E-state index contributed by atoms with van der Waals surface area (Å²) in [5.41, 5.74) is -0.462. The van der Waals surface area contributed by atoms with E-state index in [-0.39, 0.29) is 11.3 Å². The van der Waals surface area contributed by atoms with E-state index in [2.05, 4.69) is 5.32 Å². The van der Waals surface area contributed by atoms with Crippen molar-refractivity contribution in [3.05, 3.63) is 53.6 Å². The first kappa shape index (κ1) is 15.2. The molecule has 0 saturated carbocycles. The number of halogens is 3. The molecule has 1 atom stereocenters. The highest BCUT2D eigenvalue weighted by Gasteiger charge is 2.30. The zero-order chi connectivity index (χ0) is 15.6. The van der Waals surface area contributed by atoms with Crippen LogP contribution in [0.15, 0.2) is 48.1 Å². The van der Waals surface area contributed by atoms with Gasteiger partial charge >= 0.3 is 12.1 Å². The number of nitrogens with one attached hydrogen (secondary N) is 1. The van der Waals surface area contributed by atoms with Crippen LogP contribution in [-0.2, 0) is 11.0 Å². The molecule has 1 aliphatic carbocycles. The molecule has 0 amide bonds. The molecule has 0 aromatic heterocycles. The Morgan fingerprint density at radius 3 is 2.62 bits per heavy atom. The van der Waals surface area contributed by atoms with Crippen molar-refractivity contribution in [2.24, 2.45) is 0 Å². The molecule has 0 bridgehead atoms. The SMILES string of the molecule is O=C(O)C1=CC(=S)C(Nc2cccc(C(F)(F)F)c2)C=C1. The second-order valence-corrected chi connectivity index (χ2v) is 4.84. The second kappa shape index (κ2) is 5.69. The number of rotatable bonds is 3. The minimum absolute atomic E-state index is 0.0436. The van der Waals surface area contributed by atoms with Crippen LogP contribution in [0.2, 0.25) is 0 Å². The van der Waals surface area contributed by atoms with Gasteiger partial charge in [-0.1, -0.05) is 24.4 Å². The van der Waals surface area contributed by atoms with Crippen molar-refractivity contribution >= 4 is 28.7 Å². The van der Waals surface area contributed by atoms with E-state index in [0.717, 1.165) is 12.1 Å². The third-order valence-electron chi connectivity index (χ3n) is 2.83. The van der Waals surface area contributed by atoms with E-state index in [1.54, 1.807) is 0 Å². The number of carboxylic acid groups (broad SMARTS) is 1. The Bertz CT molecular complexity index is 650. The van der Waals surface area contributed by atoms with Crippen LogP contribution in [0.5, 0.6) is 0 Å². The highest BCUT2D eigenvalue weighted by atomic mass is 32.1. The maximum Gasteiger partial charge on any atom is 0.416 e. The van der Waals surface area contributed by atoms with E-state index < -0.39 is 23.8 Å². The number of anilines is 1. The van der Waals surface area contributed by atoms with Gasteiger partial charge in [-0.15, -0.1) is 0 Å². The summed E-state index contributed by atoms with van der Waals surface area (Å²) in [4.78, 5) is 11.1. The van der Waals surface area contributed by atoms with Crippen molar-refractivity contribution in [2.75, 3.05) is 5.32 Å². The van der Waals surface area contributed by atoms with Gasteiger partial charge in [0.15, 0.2) is 0 Å². The van der Waals surface area contributed by atoms with Crippen molar-refractivity contribution in [3.8, 4) is 0 Å². The monoisotopic (exact) mass is 313 g/mol. The van der Waals surface area contributed by atoms with Crippen LogP contribution in [0.1, 0.15) is 5.56 Å². The molecule has 0 saturated heterocycles. The fourth-order valence-electron chi connectivity index (χ4n) is 1.80. The van der Waals surface area contributed by atoms with Gasteiger partial charge in [0.05, 0.1) is 17.2 Å². The predicted molar refractivity (Wildman–Crippen MR) is 76.3 cm³/mol. The molecule has 0 radical (unpaired) electrons. The fourth-order valence-corrected chi connectivity index (χ4v) is 2.07. The number of benzene rings is 1. The molecule has 1 aromatic rings. The smallest absolute Gasteiger partial charge is 0.416 e. The van der Waals surface area contributed by atoms with Gasteiger partial charge in [0.25, 0.3) is 0 Å². The number of thiocarbonyl (C=S) groups is 1. The molecular formula is C14H10F3NO2S. The van der Waals surface area contributed by atoms with Crippen LogP contribution < -0.4 is 5.32 Å². The molecule has 21 heavy (non-hydrogen) atoms. The van der Waals surface area contributed by atoms with Crippen molar-refractivity contribution in [1.82, 2.24) is 0 Å². The molecule has 110 valence electrons. The normalized spacial score (nSPS) is 18.3. The number of hydrogen-bond donors (Lipinski definition) is 2. The Morgan fingerprint density at radius 1 is 1.33 bits per heavy atom. The highest BCUT2D eigenvalue weighted by molar-refractivity contribution is 7.81. The van der Waals surface area contributed by atoms with E-state index in [1.807, 2.05) is 0 Å². The lowest BCUT2D eigenvalue weighted by Gasteiger charge is -2.19. The Kier molecular flexibility index (Phi) is 4.13. The van der Waals surface area contributed by atoms with Gasteiger partial charge in [-0.05, 0) is 30.4 Å². The summed E-state index contributed by atoms with van der Waals surface area (Å²) in [5.74, 6) is -1.11. The summed E-state index contributed by atoms with van der Waals surface area (Å²) in [6, 6.07) is 4.21. The summed E-state index contributed by atoms with van der Waals surface area (Å²) in [6.45, 7) is 0. The van der Waals surface area contributed by atoms with Crippen molar-refractivity contribution in [2.45, 2.75) is 12.2 Å². The molecule has 0 fully saturated rings. The molecule has 0 heterocycles. The maximum absolute atomic E-state index is 12.6. The Labute approximate surface area is 123 Å². The summed E-state index contributed by atoms with van der Waals surface area (Å²) in [7, 11) is 0. The van der Waals surface area contributed by atoms with Crippen LogP contribution in [-0.4, -0.2) is 22.0 Å². The fraction of sp³-hybridized carbons (Fsp3) is 0.143. The number of alkyl halides is 3. The van der Waals surface area contributed by atoms with E-state index in [4.69, 9.17) is 17.3 Å². The third-order valence-corrected chi connectivity index (χ3v) is 3.20. The minimum Gasteiger partial charge on any atom is -0.478 e. The molecule has 1 unspecified atom stereocenters. The van der Waals surface area contributed by atoms with Gasteiger partial charge in [-0.3, -0.25) is 0 Å². The predicted octanol–water partition coefficient (Wildman–Crippen LogP) is 3.44. The first-order valence-corrected chi connectivity index (χ1v) is 6.29. The topological polar surface area (TPSA) is 49.3 Å². The highest BCUT2D eigenvalue weighted by Crippen LogP contribution is 2.31. The molecular weight excluding hydrogens is 303 g/mol. The van der Waals surface area contributed by atoms with Crippen LogP contribution in [0.25, 0.3) is 0 Å². The van der Waals surface area contributed by atoms with Crippen molar-refractivity contribution in [3.63, 3.8) is 0 Å². The number of carboxylic acids is 1. The van der Waals surface area contributed by atoms with E-state index in [9.17, 15) is 18.0 Å². The lowest BCUT2D eigenvalue weighted by molar-refractivity contribution is -0.137. The maximum atomic E-state index is 12.6. The molecule has 7 heteroatoms. The first-order chi connectivity index (χ1) is 9.77. The average Bonchev–Trinajstić information content (AvgIpc) is 2.40. The third kappa shape index (κ3) is 3.69. The molecule has 1 aromatic carbocycles. The number of carbonyl (C=O) groups is 1. The van der Waals surface area contributed by atoms with Crippen LogP contribution in [0.4, 0.5) is 18.9 Å². The summed E-state index contributed by atoms with van der Waals surface area (Å²) in [5, 5.41) is 11.7. The standard InChI is InChI=1S/C14H10F3NO2S/c15-14(16,17)9-2-1-3-10(7-9)18-11-5-4-8(13(19)20)6-12(11)21/h1-7,11,18H,(H,19,20).